The lowest BCUT2D eigenvalue weighted by Gasteiger charge is -2.08. The quantitative estimate of drug-likeness (QED) is 0.738. The van der Waals surface area contributed by atoms with Gasteiger partial charge in [0.25, 0.3) is 5.91 Å². The van der Waals surface area contributed by atoms with Gasteiger partial charge in [-0.2, -0.15) is 0 Å². The van der Waals surface area contributed by atoms with Crippen LogP contribution in [0.4, 0.5) is 5.69 Å². The Morgan fingerprint density at radius 3 is 2.68 bits per heavy atom. The van der Waals surface area contributed by atoms with Crippen molar-refractivity contribution in [2.24, 2.45) is 4.99 Å². The summed E-state index contributed by atoms with van der Waals surface area (Å²) < 4.78 is 23.2. The second-order valence-electron chi connectivity index (χ2n) is 6.40. The third-order valence-electron chi connectivity index (χ3n) is 4.28. The molecule has 3 rings (SSSR count). The molecule has 0 bridgehead atoms. The Kier molecular flexibility index (Phi) is 5.68. The van der Waals surface area contributed by atoms with Gasteiger partial charge in [0, 0.05) is 23.0 Å². The predicted molar refractivity (Wildman–Crippen MR) is 103 cm³/mol. The lowest BCUT2D eigenvalue weighted by Crippen LogP contribution is -2.24. The van der Waals surface area contributed by atoms with Crippen LogP contribution in [0.15, 0.2) is 29.3 Å². The number of fused-ring (bicyclic) bond motifs is 1. The van der Waals surface area contributed by atoms with Crippen LogP contribution in [0.3, 0.4) is 0 Å². The van der Waals surface area contributed by atoms with Crippen LogP contribution in [0.2, 0.25) is 0 Å². The molecule has 0 radical (unpaired) electrons. The Morgan fingerprint density at radius 1 is 1.24 bits per heavy atom. The minimum absolute atomic E-state index is 0.0284. The second-order valence-corrected chi connectivity index (χ2v) is 9.78. The number of hydrogen-bond donors (Lipinski definition) is 2. The number of carbonyl (C=O) groups excluding carboxylic acids is 1. The van der Waals surface area contributed by atoms with Crippen LogP contribution in [0.25, 0.3) is 0 Å². The number of thioether (sulfide) groups is 1. The minimum atomic E-state index is -2.93. The van der Waals surface area contributed by atoms with Gasteiger partial charge in [0.15, 0.2) is 15.0 Å². The summed E-state index contributed by atoms with van der Waals surface area (Å²) in [7, 11) is -2.93. The molecular formula is C17H23N3O3S2. The van der Waals surface area contributed by atoms with Crippen LogP contribution in [0.5, 0.6) is 0 Å². The van der Waals surface area contributed by atoms with Crippen molar-refractivity contribution in [2.75, 3.05) is 23.4 Å². The fraction of sp³-hybridized carbons (Fsp3) is 0.529. The summed E-state index contributed by atoms with van der Waals surface area (Å²) in [6.45, 7) is 2.83. The average molecular weight is 382 g/mol. The fourth-order valence-corrected chi connectivity index (χ4v) is 6.60. The molecule has 0 spiro atoms. The van der Waals surface area contributed by atoms with E-state index in [4.69, 9.17) is 0 Å². The van der Waals surface area contributed by atoms with Crippen molar-refractivity contribution in [3.05, 3.63) is 29.8 Å². The number of amidine groups is 1. The molecular weight excluding hydrogens is 358 g/mol. The zero-order chi connectivity index (χ0) is 17.9. The molecule has 2 unspecified atom stereocenters. The van der Waals surface area contributed by atoms with Crippen molar-refractivity contribution < 1.29 is 13.2 Å². The van der Waals surface area contributed by atoms with E-state index < -0.39 is 9.84 Å². The van der Waals surface area contributed by atoms with Crippen molar-refractivity contribution in [2.45, 2.75) is 37.5 Å². The molecule has 8 heteroatoms. The number of amides is 1. The van der Waals surface area contributed by atoms with Gasteiger partial charge in [0.2, 0.25) is 0 Å². The first-order valence-corrected chi connectivity index (χ1v) is 11.3. The second kappa shape index (κ2) is 7.78. The number of aliphatic imine (C=N–C) groups is 1. The lowest BCUT2D eigenvalue weighted by molar-refractivity contribution is 0.0953. The summed E-state index contributed by atoms with van der Waals surface area (Å²) in [5, 5.41) is 6.91. The van der Waals surface area contributed by atoms with Crippen LogP contribution in [0.1, 0.15) is 36.5 Å². The Labute approximate surface area is 152 Å². The Morgan fingerprint density at radius 2 is 2.00 bits per heavy atom. The molecule has 1 aromatic carbocycles. The highest BCUT2D eigenvalue weighted by Crippen LogP contribution is 2.34. The van der Waals surface area contributed by atoms with Crippen molar-refractivity contribution in [3.63, 3.8) is 0 Å². The molecule has 1 amide bonds. The summed E-state index contributed by atoms with van der Waals surface area (Å²) in [6, 6.07) is 7.11. The van der Waals surface area contributed by atoms with Gasteiger partial charge in [0.05, 0.1) is 17.5 Å². The third kappa shape index (κ3) is 4.76. The summed E-state index contributed by atoms with van der Waals surface area (Å²) in [6.07, 6.45) is 3.25. The highest BCUT2D eigenvalue weighted by molar-refractivity contribution is 8.15. The molecule has 2 atom stereocenters. The van der Waals surface area contributed by atoms with E-state index in [0.717, 1.165) is 30.1 Å². The first-order chi connectivity index (χ1) is 12.0. The average Bonchev–Trinajstić information content (AvgIpc) is 3.04. The normalized spacial score (nSPS) is 23.8. The monoisotopic (exact) mass is 381 g/mol. The largest absolute Gasteiger partial charge is 0.352 e. The lowest BCUT2D eigenvalue weighted by atomic mass is 10.2. The number of unbranched alkanes of at least 4 members (excludes halogenated alkanes) is 2. The molecule has 2 aliphatic heterocycles. The van der Waals surface area contributed by atoms with Gasteiger partial charge in [-0.15, -0.1) is 0 Å². The first-order valence-electron chi connectivity index (χ1n) is 8.57. The highest BCUT2D eigenvalue weighted by Gasteiger charge is 2.42. The third-order valence-corrected chi connectivity index (χ3v) is 7.42. The SMILES string of the molecule is CCCCCNC(=O)c1ccc(NC2=NC3CS(=O)(=O)CC3S2)cc1. The molecule has 1 saturated heterocycles. The molecule has 0 aromatic heterocycles. The first kappa shape index (κ1) is 18.3. The van der Waals surface area contributed by atoms with Crippen molar-refractivity contribution >= 4 is 38.4 Å². The molecule has 0 aliphatic carbocycles. The van der Waals surface area contributed by atoms with Crippen molar-refractivity contribution in [1.82, 2.24) is 5.32 Å². The number of benzene rings is 1. The molecule has 136 valence electrons. The van der Waals surface area contributed by atoms with E-state index >= 15 is 0 Å². The van der Waals surface area contributed by atoms with Gasteiger partial charge in [-0.05, 0) is 30.7 Å². The minimum Gasteiger partial charge on any atom is -0.352 e. The van der Waals surface area contributed by atoms with Gasteiger partial charge in [-0.1, -0.05) is 31.5 Å². The smallest absolute Gasteiger partial charge is 0.251 e. The van der Waals surface area contributed by atoms with Crippen molar-refractivity contribution in [3.8, 4) is 0 Å². The van der Waals surface area contributed by atoms with E-state index in [1.807, 2.05) is 12.1 Å². The van der Waals surface area contributed by atoms with E-state index in [1.54, 1.807) is 12.1 Å². The summed E-state index contributed by atoms with van der Waals surface area (Å²) in [4.78, 5) is 16.5. The Balaban J connectivity index is 1.52. The van der Waals surface area contributed by atoms with Gasteiger partial charge in [-0.25, -0.2) is 8.42 Å². The molecule has 1 aromatic rings. The van der Waals surface area contributed by atoms with E-state index in [-0.39, 0.29) is 28.7 Å². The highest BCUT2D eigenvalue weighted by atomic mass is 32.2. The zero-order valence-corrected chi connectivity index (χ0v) is 15.8. The molecule has 6 nitrogen and oxygen atoms in total. The maximum Gasteiger partial charge on any atom is 0.251 e. The predicted octanol–water partition coefficient (Wildman–Crippen LogP) is 2.29. The molecule has 25 heavy (non-hydrogen) atoms. The van der Waals surface area contributed by atoms with Crippen LogP contribution in [0, 0.1) is 0 Å². The Hall–Kier alpha value is -1.54. The maximum absolute atomic E-state index is 12.0. The maximum atomic E-state index is 12.0. The molecule has 2 heterocycles. The van der Waals surface area contributed by atoms with Crippen molar-refractivity contribution in [1.29, 1.82) is 0 Å². The molecule has 2 N–H and O–H groups in total. The van der Waals surface area contributed by atoms with E-state index in [1.165, 1.54) is 11.8 Å². The number of nitrogens with one attached hydrogen (secondary N) is 2. The van der Waals surface area contributed by atoms with Gasteiger partial charge >= 0.3 is 0 Å². The van der Waals surface area contributed by atoms with E-state index in [0.29, 0.717) is 12.1 Å². The van der Waals surface area contributed by atoms with Gasteiger partial charge in [0.1, 0.15) is 0 Å². The van der Waals surface area contributed by atoms with Crippen LogP contribution in [-0.4, -0.2) is 48.8 Å². The summed E-state index contributed by atoms with van der Waals surface area (Å²) in [5.41, 5.74) is 1.47. The van der Waals surface area contributed by atoms with Gasteiger partial charge in [-0.3, -0.25) is 9.79 Å². The number of anilines is 1. The van der Waals surface area contributed by atoms with E-state index in [9.17, 15) is 13.2 Å². The van der Waals surface area contributed by atoms with Gasteiger partial charge < -0.3 is 10.6 Å². The molecule has 1 fully saturated rings. The van der Waals surface area contributed by atoms with Crippen LogP contribution in [-0.2, 0) is 9.84 Å². The summed E-state index contributed by atoms with van der Waals surface area (Å²) >= 11 is 1.49. The summed E-state index contributed by atoms with van der Waals surface area (Å²) in [5.74, 6) is 0.288. The topological polar surface area (TPSA) is 87.6 Å². The molecule has 0 saturated carbocycles. The van der Waals surface area contributed by atoms with Crippen LogP contribution < -0.4 is 10.6 Å². The zero-order valence-electron chi connectivity index (χ0n) is 14.2. The number of rotatable bonds is 6. The van der Waals surface area contributed by atoms with E-state index in [2.05, 4.69) is 22.5 Å². The number of carbonyl (C=O) groups is 1. The fourth-order valence-electron chi connectivity index (χ4n) is 2.92. The number of nitrogens with zero attached hydrogens (tertiary/aromatic N) is 1. The number of hydrogen-bond acceptors (Lipinski definition) is 6. The Bertz CT molecular complexity index is 760. The van der Waals surface area contributed by atoms with Crippen LogP contribution >= 0.6 is 11.8 Å². The number of sulfone groups is 1. The molecule has 2 aliphatic rings. The standard InChI is InChI=1S/C17H23N3O3S2/c1-2-3-4-9-18-16(21)12-5-7-13(8-6-12)19-17-20-14-10-25(22,23)11-15(14)24-17/h5-8,14-15H,2-4,9-11H2,1H3,(H,18,21)(H,19,20).